The second-order valence-electron chi connectivity index (χ2n) is 6.17. The Balaban J connectivity index is 1.64. The molecule has 2 amide bonds. The van der Waals surface area contributed by atoms with E-state index in [0.29, 0.717) is 11.4 Å². The van der Waals surface area contributed by atoms with Gasteiger partial charge in [-0.05, 0) is 42.3 Å². The Kier molecular flexibility index (Phi) is 5.86. The molecule has 2 aromatic rings. The van der Waals surface area contributed by atoms with Gasteiger partial charge in [-0.1, -0.05) is 19.1 Å². The normalized spacial score (nSPS) is 13.6. The number of benzene rings is 2. The van der Waals surface area contributed by atoms with E-state index in [0.717, 1.165) is 16.9 Å². The zero-order valence-corrected chi connectivity index (χ0v) is 16.5. The molecule has 1 heterocycles. The van der Waals surface area contributed by atoms with Gasteiger partial charge < -0.3 is 10.6 Å². The minimum atomic E-state index is -3.59. The summed E-state index contributed by atoms with van der Waals surface area (Å²) in [6.07, 6.45) is 0.731. The summed E-state index contributed by atoms with van der Waals surface area (Å²) in [6.45, 7) is 2.02. The Hall–Kier alpha value is -2.32. The second kappa shape index (κ2) is 8.14. The summed E-state index contributed by atoms with van der Waals surface area (Å²) in [5.41, 5.74) is 2.38. The van der Waals surface area contributed by atoms with E-state index in [1.54, 1.807) is 18.2 Å². The average molecular weight is 405 g/mol. The molecule has 2 N–H and O–H groups in total. The Morgan fingerprint density at radius 2 is 2.04 bits per heavy atom. The molecule has 6 nitrogen and oxygen atoms in total. The molecule has 2 aromatic carbocycles. The summed E-state index contributed by atoms with van der Waals surface area (Å²) in [7, 11) is -3.59. The van der Waals surface area contributed by atoms with Gasteiger partial charge in [0.25, 0.3) is 0 Å². The van der Waals surface area contributed by atoms with Crippen LogP contribution in [0.1, 0.15) is 18.9 Å². The largest absolute Gasteiger partial charge is 0.326 e. The number of carbonyl (C=O) groups is 2. The van der Waals surface area contributed by atoms with Gasteiger partial charge >= 0.3 is 0 Å². The standard InChI is InChI=1S/C19H20N2O4S2/c1-2-13-4-3-5-14(10-13)20-18(22)8-9-27(24,25)15-6-7-16-17(11-15)26-12-19(23)21-16/h3-7,10-11H,2,8-9,12H2,1H3,(H,20,22)(H,21,23). The van der Waals surface area contributed by atoms with Crippen molar-refractivity contribution in [1.82, 2.24) is 0 Å². The maximum absolute atomic E-state index is 12.6. The van der Waals surface area contributed by atoms with Crippen molar-refractivity contribution in [3.8, 4) is 0 Å². The van der Waals surface area contributed by atoms with Crippen LogP contribution >= 0.6 is 11.8 Å². The van der Waals surface area contributed by atoms with Crippen molar-refractivity contribution in [1.29, 1.82) is 0 Å². The fourth-order valence-corrected chi connectivity index (χ4v) is 4.87. The second-order valence-corrected chi connectivity index (χ2v) is 9.29. The number of nitrogens with one attached hydrogen (secondary N) is 2. The zero-order chi connectivity index (χ0) is 19.4. The first-order chi connectivity index (χ1) is 12.9. The number of fused-ring (bicyclic) bond motifs is 1. The number of anilines is 2. The van der Waals surface area contributed by atoms with Crippen molar-refractivity contribution in [2.45, 2.75) is 29.6 Å². The lowest BCUT2D eigenvalue weighted by Gasteiger charge is -2.17. The number of rotatable bonds is 6. The van der Waals surface area contributed by atoms with Gasteiger partial charge in [-0.3, -0.25) is 9.59 Å². The fourth-order valence-electron chi connectivity index (χ4n) is 2.69. The molecule has 0 spiro atoms. The molecule has 142 valence electrons. The minimum absolute atomic E-state index is 0.105. The topological polar surface area (TPSA) is 92.3 Å². The van der Waals surface area contributed by atoms with Crippen LogP contribution in [0.4, 0.5) is 11.4 Å². The lowest BCUT2D eigenvalue weighted by molar-refractivity contribution is -0.116. The summed E-state index contributed by atoms with van der Waals surface area (Å²) in [5, 5.41) is 5.45. The van der Waals surface area contributed by atoms with Crippen LogP contribution in [-0.2, 0) is 25.8 Å². The highest BCUT2D eigenvalue weighted by molar-refractivity contribution is 8.00. The van der Waals surface area contributed by atoms with E-state index < -0.39 is 9.84 Å². The van der Waals surface area contributed by atoms with Gasteiger partial charge in [-0.15, -0.1) is 11.8 Å². The maximum atomic E-state index is 12.6. The molecule has 0 aromatic heterocycles. The van der Waals surface area contributed by atoms with Crippen LogP contribution in [0.15, 0.2) is 52.3 Å². The summed E-state index contributed by atoms with van der Waals surface area (Å²) in [4.78, 5) is 24.4. The van der Waals surface area contributed by atoms with E-state index in [9.17, 15) is 18.0 Å². The van der Waals surface area contributed by atoms with Gasteiger partial charge in [-0.2, -0.15) is 0 Å². The van der Waals surface area contributed by atoms with E-state index in [2.05, 4.69) is 10.6 Å². The van der Waals surface area contributed by atoms with Crippen molar-refractivity contribution >= 4 is 44.8 Å². The van der Waals surface area contributed by atoms with Crippen LogP contribution in [0.25, 0.3) is 0 Å². The van der Waals surface area contributed by atoms with Crippen LogP contribution in [0.3, 0.4) is 0 Å². The van der Waals surface area contributed by atoms with Crippen LogP contribution in [-0.4, -0.2) is 31.7 Å². The third-order valence-electron chi connectivity index (χ3n) is 4.16. The minimum Gasteiger partial charge on any atom is -0.326 e. The van der Waals surface area contributed by atoms with Crippen molar-refractivity contribution in [2.75, 3.05) is 22.1 Å². The first kappa shape index (κ1) is 19.4. The SMILES string of the molecule is CCc1cccc(NC(=O)CCS(=O)(=O)c2ccc3c(c2)SCC(=O)N3)c1. The fraction of sp³-hybridized carbons (Fsp3) is 0.263. The molecule has 0 atom stereocenters. The monoisotopic (exact) mass is 404 g/mol. The predicted octanol–water partition coefficient (Wildman–Crippen LogP) is 3.10. The van der Waals surface area contributed by atoms with E-state index in [-0.39, 0.29) is 34.6 Å². The lowest BCUT2D eigenvalue weighted by atomic mass is 10.1. The van der Waals surface area contributed by atoms with Gasteiger partial charge in [0.2, 0.25) is 11.8 Å². The molecule has 0 aliphatic carbocycles. The Morgan fingerprint density at radius 3 is 2.81 bits per heavy atom. The van der Waals surface area contributed by atoms with E-state index >= 15 is 0 Å². The van der Waals surface area contributed by atoms with Crippen LogP contribution in [0.2, 0.25) is 0 Å². The molecule has 1 aliphatic heterocycles. The first-order valence-electron chi connectivity index (χ1n) is 8.55. The highest BCUT2D eigenvalue weighted by Gasteiger charge is 2.21. The number of thioether (sulfide) groups is 1. The van der Waals surface area contributed by atoms with Crippen LogP contribution in [0.5, 0.6) is 0 Å². The Bertz CT molecular complexity index is 987. The molecule has 0 saturated carbocycles. The Morgan fingerprint density at radius 1 is 1.22 bits per heavy atom. The molecule has 0 fully saturated rings. The predicted molar refractivity (Wildman–Crippen MR) is 107 cm³/mol. The average Bonchev–Trinajstić information content (AvgIpc) is 2.66. The van der Waals surface area contributed by atoms with Crippen molar-refractivity contribution < 1.29 is 18.0 Å². The highest BCUT2D eigenvalue weighted by atomic mass is 32.2. The third-order valence-corrected chi connectivity index (χ3v) is 6.93. The van der Waals surface area contributed by atoms with E-state index in [1.807, 2.05) is 25.1 Å². The van der Waals surface area contributed by atoms with Gasteiger partial charge in [-0.25, -0.2) is 8.42 Å². The summed E-state index contributed by atoms with van der Waals surface area (Å²) < 4.78 is 25.1. The van der Waals surface area contributed by atoms with Gasteiger partial charge in [0.15, 0.2) is 9.84 Å². The van der Waals surface area contributed by atoms with Crippen LogP contribution < -0.4 is 10.6 Å². The highest BCUT2D eigenvalue weighted by Crippen LogP contribution is 2.33. The molecular weight excluding hydrogens is 384 g/mol. The maximum Gasteiger partial charge on any atom is 0.234 e. The van der Waals surface area contributed by atoms with Gasteiger partial charge in [0.1, 0.15) is 0 Å². The van der Waals surface area contributed by atoms with Gasteiger partial charge in [0.05, 0.1) is 22.1 Å². The lowest BCUT2D eigenvalue weighted by Crippen LogP contribution is -2.20. The van der Waals surface area contributed by atoms with E-state index in [1.165, 1.54) is 17.8 Å². The van der Waals surface area contributed by atoms with Crippen LogP contribution in [0, 0.1) is 0 Å². The number of carbonyl (C=O) groups excluding carboxylic acids is 2. The van der Waals surface area contributed by atoms with Gasteiger partial charge in [0, 0.05) is 17.0 Å². The van der Waals surface area contributed by atoms with E-state index in [4.69, 9.17) is 0 Å². The molecule has 1 aliphatic rings. The molecule has 3 rings (SSSR count). The number of amides is 2. The van der Waals surface area contributed by atoms with Crippen molar-refractivity contribution in [3.05, 3.63) is 48.0 Å². The first-order valence-corrected chi connectivity index (χ1v) is 11.2. The molecule has 0 unspecified atom stereocenters. The zero-order valence-electron chi connectivity index (χ0n) is 14.8. The summed E-state index contributed by atoms with van der Waals surface area (Å²) in [5.74, 6) is -0.462. The number of hydrogen-bond donors (Lipinski definition) is 2. The number of aryl methyl sites for hydroxylation is 1. The number of sulfone groups is 1. The molecular formula is C19H20N2O4S2. The molecule has 0 bridgehead atoms. The summed E-state index contributed by atoms with van der Waals surface area (Å²) >= 11 is 1.30. The molecule has 0 saturated heterocycles. The molecule has 0 radical (unpaired) electrons. The molecule has 27 heavy (non-hydrogen) atoms. The third kappa shape index (κ3) is 4.90. The quantitative estimate of drug-likeness (QED) is 0.772. The number of hydrogen-bond acceptors (Lipinski definition) is 5. The van der Waals surface area contributed by atoms with Crippen molar-refractivity contribution in [2.24, 2.45) is 0 Å². The summed E-state index contributed by atoms with van der Waals surface area (Å²) in [6, 6.07) is 12.1. The van der Waals surface area contributed by atoms with Crippen molar-refractivity contribution in [3.63, 3.8) is 0 Å². The molecule has 8 heteroatoms. The smallest absolute Gasteiger partial charge is 0.234 e. The Labute approximate surface area is 162 Å².